The lowest BCUT2D eigenvalue weighted by Gasteiger charge is -2.08. The Bertz CT molecular complexity index is 584. The summed E-state index contributed by atoms with van der Waals surface area (Å²) in [5.41, 5.74) is 8.09. The fraction of sp³-hybridized carbons (Fsp3) is 0.188. The number of nitrogen functional groups attached to an aromatic ring is 1. The number of nitrogens with two attached hydrogens (primary N) is 1. The first kappa shape index (κ1) is 14.6. The van der Waals surface area contributed by atoms with E-state index in [0.717, 1.165) is 17.3 Å². The maximum Gasteiger partial charge on any atom is 0.253 e. The van der Waals surface area contributed by atoms with E-state index >= 15 is 0 Å². The third-order valence-corrected chi connectivity index (χ3v) is 3.52. The smallest absolute Gasteiger partial charge is 0.253 e. The zero-order valence-corrected chi connectivity index (χ0v) is 12.7. The van der Waals surface area contributed by atoms with Crippen molar-refractivity contribution in [3.05, 3.63) is 64.1 Å². The van der Waals surface area contributed by atoms with Gasteiger partial charge < -0.3 is 11.1 Å². The first-order valence-corrected chi connectivity index (χ1v) is 7.33. The van der Waals surface area contributed by atoms with Crippen LogP contribution >= 0.6 is 15.9 Å². The first-order valence-electron chi connectivity index (χ1n) is 6.54. The lowest BCUT2D eigenvalue weighted by atomic mass is 10.1. The minimum absolute atomic E-state index is 0.128. The highest BCUT2D eigenvalue weighted by molar-refractivity contribution is 9.10. The molecule has 0 saturated carbocycles. The van der Waals surface area contributed by atoms with Gasteiger partial charge in [-0.3, -0.25) is 4.79 Å². The van der Waals surface area contributed by atoms with E-state index in [9.17, 15) is 4.79 Å². The SMILES string of the molecule is Nc1ccc(Br)cc1C(=O)NCCCc1ccccc1. The van der Waals surface area contributed by atoms with Crippen molar-refractivity contribution >= 4 is 27.5 Å². The standard InChI is InChI=1S/C16H17BrN2O/c17-13-8-9-15(18)14(11-13)16(20)19-10-4-7-12-5-2-1-3-6-12/h1-3,5-6,8-9,11H,4,7,10,18H2,(H,19,20). The van der Waals surface area contributed by atoms with Crippen LogP contribution in [0.3, 0.4) is 0 Å². The quantitative estimate of drug-likeness (QED) is 0.651. The molecule has 2 rings (SSSR count). The molecule has 4 heteroatoms. The van der Waals surface area contributed by atoms with Gasteiger partial charge >= 0.3 is 0 Å². The predicted molar refractivity (Wildman–Crippen MR) is 85.7 cm³/mol. The molecular formula is C16H17BrN2O. The van der Waals surface area contributed by atoms with Gasteiger partial charge in [0.15, 0.2) is 0 Å². The Morgan fingerprint density at radius 2 is 1.90 bits per heavy atom. The Morgan fingerprint density at radius 3 is 2.65 bits per heavy atom. The van der Waals surface area contributed by atoms with Gasteiger partial charge in [0.05, 0.1) is 5.56 Å². The number of hydrogen-bond donors (Lipinski definition) is 2. The maximum absolute atomic E-state index is 12.0. The van der Waals surface area contributed by atoms with Crippen molar-refractivity contribution in [2.75, 3.05) is 12.3 Å². The highest BCUT2D eigenvalue weighted by Crippen LogP contribution is 2.18. The third kappa shape index (κ3) is 4.10. The number of anilines is 1. The van der Waals surface area contributed by atoms with Crippen LogP contribution in [-0.2, 0) is 6.42 Å². The molecule has 0 radical (unpaired) electrons. The molecule has 0 spiro atoms. The van der Waals surface area contributed by atoms with Crippen molar-refractivity contribution in [1.82, 2.24) is 5.32 Å². The molecule has 3 N–H and O–H groups in total. The number of aryl methyl sites for hydroxylation is 1. The lowest BCUT2D eigenvalue weighted by Crippen LogP contribution is -2.25. The summed E-state index contributed by atoms with van der Waals surface area (Å²) < 4.78 is 0.848. The summed E-state index contributed by atoms with van der Waals surface area (Å²) in [7, 11) is 0. The molecule has 0 aromatic heterocycles. The third-order valence-electron chi connectivity index (χ3n) is 3.03. The van der Waals surface area contributed by atoms with Crippen molar-refractivity contribution in [2.45, 2.75) is 12.8 Å². The van der Waals surface area contributed by atoms with Crippen LogP contribution in [0, 0.1) is 0 Å². The number of carbonyl (C=O) groups is 1. The molecule has 0 saturated heterocycles. The fourth-order valence-corrected chi connectivity index (χ4v) is 2.32. The van der Waals surface area contributed by atoms with E-state index in [1.165, 1.54) is 5.56 Å². The average Bonchev–Trinajstić information content (AvgIpc) is 2.47. The molecule has 0 unspecified atom stereocenters. The summed E-state index contributed by atoms with van der Waals surface area (Å²) in [6.45, 7) is 0.639. The van der Waals surface area contributed by atoms with Gasteiger partial charge in [-0.05, 0) is 36.6 Å². The zero-order valence-electron chi connectivity index (χ0n) is 11.1. The molecule has 2 aromatic carbocycles. The number of carbonyl (C=O) groups excluding carboxylic acids is 1. The molecule has 0 bridgehead atoms. The second kappa shape index (κ2) is 7.10. The molecule has 20 heavy (non-hydrogen) atoms. The van der Waals surface area contributed by atoms with Crippen LogP contribution in [0.5, 0.6) is 0 Å². The molecular weight excluding hydrogens is 316 g/mol. The molecule has 0 heterocycles. The van der Waals surface area contributed by atoms with Gasteiger partial charge in [0.25, 0.3) is 5.91 Å². The van der Waals surface area contributed by atoms with Gasteiger partial charge in [0.1, 0.15) is 0 Å². The van der Waals surface area contributed by atoms with Crippen LogP contribution in [0.25, 0.3) is 0 Å². The summed E-state index contributed by atoms with van der Waals surface area (Å²) in [4.78, 5) is 12.0. The summed E-state index contributed by atoms with van der Waals surface area (Å²) in [5, 5.41) is 2.90. The number of rotatable bonds is 5. The average molecular weight is 333 g/mol. The van der Waals surface area contributed by atoms with Gasteiger partial charge in [-0.15, -0.1) is 0 Å². The van der Waals surface area contributed by atoms with Gasteiger partial charge in [-0.25, -0.2) is 0 Å². The predicted octanol–water partition coefficient (Wildman–Crippen LogP) is 3.39. The van der Waals surface area contributed by atoms with Gasteiger partial charge in [-0.2, -0.15) is 0 Å². The Hall–Kier alpha value is -1.81. The van der Waals surface area contributed by atoms with Gasteiger partial charge in [0, 0.05) is 16.7 Å². The number of benzene rings is 2. The van der Waals surface area contributed by atoms with Crippen molar-refractivity contribution in [1.29, 1.82) is 0 Å². The highest BCUT2D eigenvalue weighted by atomic mass is 79.9. The van der Waals surface area contributed by atoms with Crippen LogP contribution in [0.15, 0.2) is 53.0 Å². The van der Waals surface area contributed by atoms with Crippen LogP contribution in [-0.4, -0.2) is 12.5 Å². The minimum atomic E-state index is -0.128. The number of amides is 1. The second-order valence-corrected chi connectivity index (χ2v) is 5.49. The van der Waals surface area contributed by atoms with E-state index in [2.05, 4.69) is 33.4 Å². The van der Waals surface area contributed by atoms with E-state index in [-0.39, 0.29) is 5.91 Å². The topological polar surface area (TPSA) is 55.1 Å². The summed E-state index contributed by atoms with van der Waals surface area (Å²) >= 11 is 3.34. The maximum atomic E-state index is 12.0. The van der Waals surface area contributed by atoms with E-state index in [1.54, 1.807) is 12.1 Å². The van der Waals surface area contributed by atoms with Crippen molar-refractivity contribution in [3.8, 4) is 0 Å². The fourth-order valence-electron chi connectivity index (χ4n) is 1.96. The minimum Gasteiger partial charge on any atom is -0.398 e. The molecule has 0 aliphatic rings. The molecule has 0 atom stereocenters. The van der Waals surface area contributed by atoms with E-state index in [1.807, 2.05) is 24.3 Å². The monoisotopic (exact) mass is 332 g/mol. The van der Waals surface area contributed by atoms with Crippen LogP contribution in [0.4, 0.5) is 5.69 Å². The molecule has 1 amide bonds. The van der Waals surface area contributed by atoms with E-state index < -0.39 is 0 Å². The number of halogens is 1. The van der Waals surface area contributed by atoms with Crippen molar-refractivity contribution in [2.24, 2.45) is 0 Å². The molecule has 0 aliphatic carbocycles. The Morgan fingerprint density at radius 1 is 1.15 bits per heavy atom. The molecule has 104 valence electrons. The van der Waals surface area contributed by atoms with E-state index in [4.69, 9.17) is 5.73 Å². The van der Waals surface area contributed by atoms with Crippen molar-refractivity contribution < 1.29 is 4.79 Å². The van der Waals surface area contributed by atoms with Crippen LogP contribution in [0.2, 0.25) is 0 Å². The normalized spacial score (nSPS) is 10.2. The molecule has 2 aromatic rings. The molecule has 0 aliphatic heterocycles. The second-order valence-electron chi connectivity index (χ2n) is 4.58. The Balaban J connectivity index is 1.82. The van der Waals surface area contributed by atoms with Crippen LogP contribution < -0.4 is 11.1 Å². The lowest BCUT2D eigenvalue weighted by molar-refractivity contribution is 0.0954. The largest absolute Gasteiger partial charge is 0.398 e. The van der Waals surface area contributed by atoms with Crippen LogP contribution in [0.1, 0.15) is 22.3 Å². The number of nitrogens with one attached hydrogen (secondary N) is 1. The Kier molecular flexibility index (Phi) is 5.18. The zero-order chi connectivity index (χ0) is 14.4. The molecule has 3 nitrogen and oxygen atoms in total. The summed E-state index contributed by atoms with van der Waals surface area (Å²) in [5.74, 6) is -0.128. The summed E-state index contributed by atoms with van der Waals surface area (Å²) in [6.07, 6.45) is 1.86. The van der Waals surface area contributed by atoms with Gasteiger partial charge in [-0.1, -0.05) is 46.3 Å². The Labute approximate surface area is 127 Å². The van der Waals surface area contributed by atoms with E-state index in [0.29, 0.717) is 17.8 Å². The van der Waals surface area contributed by atoms with Crippen molar-refractivity contribution in [3.63, 3.8) is 0 Å². The molecule has 0 fully saturated rings. The highest BCUT2D eigenvalue weighted by Gasteiger charge is 2.09. The summed E-state index contributed by atoms with van der Waals surface area (Å²) in [6, 6.07) is 15.5. The number of hydrogen-bond acceptors (Lipinski definition) is 2. The first-order chi connectivity index (χ1) is 9.66. The van der Waals surface area contributed by atoms with Gasteiger partial charge in [0.2, 0.25) is 0 Å².